The largest absolute Gasteiger partial charge is 0.465 e. The van der Waals surface area contributed by atoms with Gasteiger partial charge in [0.15, 0.2) is 0 Å². The summed E-state index contributed by atoms with van der Waals surface area (Å²) >= 11 is 1.66. The summed E-state index contributed by atoms with van der Waals surface area (Å²) in [5.74, 6) is -0.622. The molecule has 0 aromatic carbocycles. The molecular weight excluding hydrogens is 362 g/mol. The molecule has 2 aromatic rings. The van der Waals surface area contributed by atoms with Crippen LogP contribution in [0.2, 0.25) is 0 Å². The van der Waals surface area contributed by atoms with Crippen LogP contribution < -0.4 is 5.32 Å². The number of aromatic amines is 1. The van der Waals surface area contributed by atoms with E-state index in [2.05, 4.69) is 45.9 Å². The number of H-pyrrole nitrogens is 1. The normalized spacial score (nSPS) is 12.2. The number of nitrogens with one attached hydrogen (secondary N) is 2. The second-order valence-corrected chi connectivity index (χ2v) is 7.11. The van der Waals surface area contributed by atoms with Gasteiger partial charge in [0, 0.05) is 12.2 Å². The van der Waals surface area contributed by atoms with Crippen LogP contribution in [0.5, 0.6) is 0 Å². The first kappa shape index (κ1) is 21.2. The molecule has 2 aromatic heterocycles. The fourth-order valence-electron chi connectivity index (χ4n) is 3.39. The lowest BCUT2D eigenvalue weighted by Crippen LogP contribution is -2.38. The van der Waals surface area contributed by atoms with E-state index in [9.17, 15) is 9.59 Å². The number of aromatic nitrogens is 1. The molecule has 0 bridgehead atoms. The lowest BCUT2D eigenvalue weighted by Gasteiger charge is -2.29. The highest BCUT2D eigenvalue weighted by Crippen LogP contribution is 2.23. The molecule has 0 fully saturated rings. The molecule has 0 spiro atoms. The Morgan fingerprint density at radius 3 is 2.52 bits per heavy atom. The molecule has 27 heavy (non-hydrogen) atoms. The molecule has 2 N–H and O–H groups in total. The van der Waals surface area contributed by atoms with Crippen LogP contribution in [0.15, 0.2) is 16.8 Å². The SMILES string of the molecule is CCc1[nH]c(C(=O)NCC(c2ccsc2)N(CC)CC)c(C)c1C(=O)OC. The summed E-state index contributed by atoms with van der Waals surface area (Å²) in [6, 6.07) is 2.22. The van der Waals surface area contributed by atoms with Crippen molar-refractivity contribution >= 4 is 23.2 Å². The molecule has 6 nitrogen and oxygen atoms in total. The van der Waals surface area contributed by atoms with Crippen molar-refractivity contribution in [3.63, 3.8) is 0 Å². The first-order chi connectivity index (χ1) is 13.0. The van der Waals surface area contributed by atoms with Crippen molar-refractivity contribution < 1.29 is 14.3 Å². The predicted molar refractivity (Wildman–Crippen MR) is 109 cm³/mol. The first-order valence-corrected chi connectivity index (χ1v) is 10.3. The van der Waals surface area contributed by atoms with Gasteiger partial charge >= 0.3 is 5.97 Å². The Hall–Kier alpha value is -2.12. The fourth-order valence-corrected chi connectivity index (χ4v) is 4.10. The summed E-state index contributed by atoms with van der Waals surface area (Å²) in [5, 5.41) is 7.22. The lowest BCUT2D eigenvalue weighted by atomic mass is 10.1. The highest BCUT2D eigenvalue weighted by atomic mass is 32.1. The number of carbonyl (C=O) groups excluding carboxylic acids is 2. The van der Waals surface area contributed by atoms with Crippen molar-refractivity contribution in [3.05, 3.63) is 44.9 Å². The molecule has 7 heteroatoms. The molecular formula is C20H29N3O3S. The van der Waals surface area contributed by atoms with E-state index in [1.54, 1.807) is 18.3 Å². The van der Waals surface area contributed by atoms with Crippen LogP contribution >= 0.6 is 11.3 Å². The Kier molecular flexibility index (Phi) is 7.62. The number of nitrogens with zero attached hydrogens (tertiary/aromatic N) is 1. The molecule has 0 saturated heterocycles. The number of hydrogen-bond acceptors (Lipinski definition) is 5. The van der Waals surface area contributed by atoms with Gasteiger partial charge in [0.1, 0.15) is 5.69 Å². The van der Waals surface area contributed by atoms with E-state index in [0.717, 1.165) is 18.8 Å². The van der Waals surface area contributed by atoms with Gasteiger partial charge < -0.3 is 15.0 Å². The fraction of sp³-hybridized carbons (Fsp3) is 0.500. The van der Waals surface area contributed by atoms with Crippen molar-refractivity contribution in [2.75, 3.05) is 26.7 Å². The van der Waals surface area contributed by atoms with E-state index in [0.29, 0.717) is 29.8 Å². The number of carbonyl (C=O) groups is 2. The molecule has 0 aliphatic carbocycles. The third kappa shape index (κ3) is 4.59. The second-order valence-electron chi connectivity index (χ2n) is 6.33. The summed E-state index contributed by atoms with van der Waals surface area (Å²) in [6.07, 6.45) is 0.621. The van der Waals surface area contributed by atoms with Crippen LogP contribution in [0.3, 0.4) is 0 Å². The van der Waals surface area contributed by atoms with Gasteiger partial charge in [-0.2, -0.15) is 11.3 Å². The van der Waals surface area contributed by atoms with E-state index < -0.39 is 5.97 Å². The number of rotatable bonds is 9. The minimum absolute atomic E-state index is 0.121. The Morgan fingerprint density at radius 1 is 1.30 bits per heavy atom. The zero-order valence-corrected chi connectivity index (χ0v) is 17.5. The van der Waals surface area contributed by atoms with Crippen LogP contribution in [0.25, 0.3) is 0 Å². The molecule has 0 aliphatic heterocycles. The standard InChI is InChI=1S/C20H29N3O3S/c1-6-15-17(20(25)26-5)13(4)18(22-15)19(24)21-11-16(23(7-2)8-3)14-9-10-27-12-14/h9-10,12,16,22H,6-8,11H2,1-5H3,(H,21,24). The maximum atomic E-state index is 12.8. The van der Waals surface area contributed by atoms with Crippen LogP contribution in [-0.4, -0.2) is 48.5 Å². The first-order valence-electron chi connectivity index (χ1n) is 9.32. The molecule has 0 saturated carbocycles. The van der Waals surface area contributed by atoms with Crippen LogP contribution in [0.1, 0.15) is 64.5 Å². The van der Waals surface area contributed by atoms with Crippen molar-refractivity contribution in [2.45, 2.75) is 40.2 Å². The highest BCUT2D eigenvalue weighted by Gasteiger charge is 2.25. The number of methoxy groups -OCH3 is 1. The van der Waals surface area contributed by atoms with Gasteiger partial charge in [-0.3, -0.25) is 9.69 Å². The van der Waals surface area contributed by atoms with Crippen molar-refractivity contribution in [2.24, 2.45) is 0 Å². The van der Waals surface area contributed by atoms with Gasteiger partial charge in [-0.25, -0.2) is 4.79 Å². The number of ether oxygens (including phenoxy) is 1. The number of likely N-dealkylation sites (N-methyl/N-ethyl adjacent to an activating group) is 1. The van der Waals surface area contributed by atoms with Gasteiger partial charge in [-0.05, 0) is 54.4 Å². The number of amides is 1. The molecule has 1 amide bonds. The van der Waals surface area contributed by atoms with Crippen LogP contribution in [0.4, 0.5) is 0 Å². The topological polar surface area (TPSA) is 74.4 Å². The van der Waals surface area contributed by atoms with Gasteiger partial charge in [0.2, 0.25) is 0 Å². The minimum Gasteiger partial charge on any atom is -0.465 e. The molecule has 0 aliphatic rings. The third-order valence-corrected chi connectivity index (χ3v) is 5.64. The quantitative estimate of drug-likeness (QED) is 0.641. The monoisotopic (exact) mass is 391 g/mol. The molecule has 2 rings (SSSR count). The molecule has 1 atom stereocenters. The van der Waals surface area contributed by atoms with Crippen molar-refractivity contribution in [1.29, 1.82) is 0 Å². The average molecular weight is 392 g/mol. The zero-order chi connectivity index (χ0) is 20.0. The van der Waals surface area contributed by atoms with Crippen LogP contribution in [0, 0.1) is 6.92 Å². The summed E-state index contributed by atoms with van der Waals surface area (Å²) < 4.78 is 4.86. The Bertz CT molecular complexity index is 764. The Morgan fingerprint density at radius 2 is 2.00 bits per heavy atom. The number of esters is 1. The third-order valence-electron chi connectivity index (χ3n) is 4.93. The van der Waals surface area contributed by atoms with E-state index in [1.807, 2.05) is 6.92 Å². The van der Waals surface area contributed by atoms with Crippen molar-refractivity contribution in [3.8, 4) is 0 Å². The minimum atomic E-state index is -0.418. The maximum absolute atomic E-state index is 12.8. The molecule has 0 radical (unpaired) electrons. The highest BCUT2D eigenvalue weighted by molar-refractivity contribution is 7.07. The smallest absolute Gasteiger partial charge is 0.339 e. The van der Waals surface area contributed by atoms with Gasteiger partial charge in [-0.15, -0.1) is 0 Å². The molecule has 2 heterocycles. The second kappa shape index (κ2) is 9.71. The average Bonchev–Trinajstić information content (AvgIpc) is 3.32. The summed E-state index contributed by atoms with van der Waals surface area (Å²) in [6.45, 7) is 10.3. The van der Waals surface area contributed by atoms with Gasteiger partial charge in [0.05, 0.1) is 18.7 Å². The lowest BCUT2D eigenvalue weighted by molar-refractivity contribution is 0.0599. The van der Waals surface area contributed by atoms with E-state index in [4.69, 9.17) is 4.74 Å². The van der Waals surface area contributed by atoms with E-state index in [-0.39, 0.29) is 11.9 Å². The van der Waals surface area contributed by atoms with Crippen LogP contribution in [-0.2, 0) is 11.2 Å². The predicted octanol–water partition coefficient (Wildman–Crippen LogP) is 3.55. The Labute approximate surface area is 164 Å². The summed E-state index contributed by atoms with van der Waals surface area (Å²) in [4.78, 5) is 30.3. The van der Waals surface area contributed by atoms with Gasteiger partial charge in [-0.1, -0.05) is 20.8 Å². The summed E-state index contributed by atoms with van der Waals surface area (Å²) in [5.41, 5.74) is 3.45. The molecule has 148 valence electrons. The number of aryl methyl sites for hydroxylation is 1. The van der Waals surface area contributed by atoms with Crippen molar-refractivity contribution in [1.82, 2.24) is 15.2 Å². The van der Waals surface area contributed by atoms with E-state index in [1.165, 1.54) is 12.7 Å². The molecule has 1 unspecified atom stereocenters. The number of hydrogen-bond donors (Lipinski definition) is 2. The maximum Gasteiger partial charge on any atom is 0.339 e. The van der Waals surface area contributed by atoms with E-state index >= 15 is 0 Å². The zero-order valence-electron chi connectivity index (χ0n) is 16.7. The summed E-state index contributed by atoms with van der Waals surface area (Å²) in [7, 11) is 1.35. The number of thiophene rings is 1. The Balaban J connectivity index is 2.21. The van der Waals surface area contributed by atoms with Gasteiger partial charge in [0.25, 0.3) is 5.91 Å².